The van der Waals surface area contributed by atoms with E-state index in [2.05, 4.69) is 10.3 Å². The van der Waals surface area contributed by atoms with E-state index in [9.17, 15) is 14.4 Å². The number of aromatic nitrogens is 1. The molecule has 0 fully saturated rings. The van der Waals surface area contributed by atoms with Crippen molar-refractivity contribution < 1.29 is 23.5 Å². The molecule has 1 aromatic heterocycles. The number of carbonyl (C=O) groups is 3. The highest BCUT2D eigenvalue weighted by Crippen LogP contribution is 2.15. The van der Waals surface area contributed by atoms with E-state index in [1.807, 2.05) is 12.1 Å². The molecule has 3 aromatic rings. The van der Waals surface area contributed by atoms with Gasteiger partial charge in [-0.05, 0) is 24.3 Å². The van der Waals surface area contributed by atoms with E-state index < -0.39 is 24.4 Å². The number of nitrogens with one attached hydrogen (secondary N) is 1. The topological polar surface area (TPSA) is 98.5 Å². The molecule has 3 rings (SSSR count). The number of esters is 1. The van der Waals surface area contributed by atoms with Crippen LogP contribution in [0.5, 0.6) is 0 Å². The standard InChI is InChI=1S/C19H14N2O5/c22-16(21-19(24)13-6-2-1-3-7-13)12-25-18(23)11-10-17-20-14-8-4-5-9-15(14)26-17/h1-11H,12H2,(H,21,22,24)/b11-10+. The van der Waals surface area contributed by atoms with Crippen molar-refractivity contribution in [3.8, 4) is 0 Å². The van der Waals surface area contributed by atoms with E-state index in [0.29, 0.717) is 16.7 Å². The fourth-order valence-corrected chi connectivity index (χ4v) is 2.11. The fraction of sp³-hybridized carbons (Fsp3) is 0.0526. The van der Waals surface area contributed by atoms with Crippen molar-refractivity contribution in [2.45, 2.75) is 0 Å². The van der Waals surface area contributed by atoms with Crippen LogP contribution in [0.4, 0.5) is 0 Å². The number of rotatable bonds is 5. The monoisotopic (exact) mass is 350 g/mol. The van der Waals surface area contributed by atoms with E-state index in [-0.39, 0.29) is 5.89 Å². The van der Waals surface area contributed by atoms with E-state index >= 15 is 0 Å². The number of ether oxygens (including phenoxy) is 1. The van der Waals surface area contributed by atoms with E-state index in [1.54, 1.807) is 42.5 Å². The first-order chi connectivity index (χ1) is 12.6. The van der Waals surface area contributed by atoms with Crippen LogP contribution >= 0.6 is 0 Å². The number of para-hydroxylation sites is 2. The summed E-state index contributed by atoms with van der Waals surface area (Å²) in [4.78, 5) is 39.3. The van der Waals surface area contributed by atoms with Crippen LogP contribution in [0.15, 0.2) is 65.1 Å². The number of oxazole rings is 1. The number of hydrogen-bond acceptors (Lipinski definition) is 6. The Hall–Kier alpha value is -3.74. The maximum absolute atomic E-state index is 11.8. The zero-order valence-corrected chi connectivity index (χ0v) is 13.5. The summed E-state index contributed by atoms with van der Waals surface area (Å²) in [5, 5.41) is 2.13. The zero-order valence-electron chi connectivity index (χ0n) is 13.5. The number of fused-ring (bicyclic) bond motifs is 1. The number of benzene rings is 2. The fourth-order valence-electron chi connectivity index (χ4n) is 2.11. The van der Waals surface area contributed by atoms with Gasteiger partial charge >= 0.3 is 5.97 Å². The molecule has 1 heterocycles. The van der Waals surface area contributed by atoms with Gasteiger partial charge in [0, 0.05) is 17.7 Å². The molecule has 7 nitrogen and oxygen atoms in total. The van der Waals surface area contributed by atoms with E-state index in [4.69, 9.17) is 9.15 Å². The second-order valence-corrected chi connectivity index (χ2v) is 5.20. The highest BCUT2D eigenvalue weighted by Gasteiger charge is 2.11. The molecule has 0 aliphatic heterocycles. The van der Waals surface area contributed by atoms with Gasteiger partial charge in [-0.3, -0.25) is 14.9 Å². The minimum Gasteiger partial charge on any atom is -0.452 e. The van der Waals surface area contributed by atoms with E-state index in [0.717, 1.165) is 6.08 Å². The Morgan fingerprint density at radius 2 is 1.77 bits per heavy atom. The zero-order chi connectivity index (χ0) is 18.4. The summed E-state index contributed by atoms with van der Waals surface area (Å²) in [5.74, 6) is -1.79. The molecular formula is C19H14N2O5. The molecule has 7 heteroatoms. The van der Waals surface area contributed by atoms with Crippen LogP contribution in [-0.2, 0) is 14.3 Å². The first kappa shape index (κ1) is 17.1. The molecule has 130 valence electrons. The summed E-state index contributed by atoms with van der Waals surface area (Å²) in [6.45, 7) is -0.574. The molecule has 0 spiro atoms. The van der Waals surface area contributed by atoms with Crippen molar-refractivity contribution >= 4 is 35.0 Å². The van der Waals surface area contributed by atoms with Crippen LogP contribution in [0.3, 0.4) is 0 Å². The summed E-state index contributed by atoms with van der Waals surface area (Å²) >= 11 is 0. The van der Waals surface area contributed by atoms with Crippen LogP contribution in [0.25, 0.3) is 17.2 Å². The number of imide groups is 1. The summed E-state index contributed by atoms with van der Waals surface area (Å²) in [7, 11) is 0. The molecule has 0 aliphatic rings. The largest absolute Gasteiger partial charge is 0.452 e. The number of nitrogens with zero attached hydrogens (tertiary/aromatic N) is 1. The Bertz CT molecular complexity index is 943. The molecule has 0 saturated carbocycles. The Morgan fingerprint density at radius 3 is 2.54 bits per heavy atom. The predicted molar refractivity (Wildman–Crippen MR) is 92.9 cm³/mol. The third kappa shape index (κ3) is 4.41. The van der Waals surface area contributed by atoms with Gasteiger partial charge in [0.2, 0.25) is 5.89 Å². The van der Waals surface area contributed by atoms with Gasteiger partial charge in [-0.2, -0.15) is 0 Å². The third-order valence-electron chi connectivity index (χ3n) is 3.31. The second-order valence-electron chi connectivity index (χ2n) is 5.20. The molecule has 0 aliphatic carbocycles. The first-order valence-electron chi connectivity index (χ1n) is 7.71. The minimum atomic E-state index is -0.755. The summed E-state index contributed by atoms with van der Waals surface area (Å²) in [5.41, 5.74) is 1.60. The Labute approximate surface area is 148 Å². The molecule has 0 atom stereocenters. The molecule has 2 aromatic carbocycles. The van der Waals surface area contributed by atoms with E-state index in [1.165, 1.54) is 6.08 Å². The average Bonchev–Trinajstić information content (AvgIpc) is 3.08. The predicted octanol–water partition coefficient (Wildman–Crippen LogP) is 2.34. The minimum absolute atomic E-state index is 0.242. The Kier molecular flexibility index (Phi) is 5.19. The summed E-state index contributed by atoms with van der Waals surface area (Å²) < 4.78 is 10.2. The summed E-state index contributed by atoms with van der Waals surface area (Å²) in [6, 6.07) is 15.4. The van der Waals surface area contributed by atoms with Gasteiger partial charge < -0.3 is 9.15 Å². The normalized spacial score (nSPS) is 10.8. The van der Waals surface area contributed by atoms with Crippen LogP contribution in [-0.4, -0.2) is 29.4 Å². The molecule has 0 radical (unpaired) electrons. The molecule has 0 saturated heterocycles. The van der Waals surface area contributed by atoms with Crippen molar-refractivity contribution in [1.29, 1.82) is 0 Å². The lowest BCUT2D eigenvalue weighted by atomic mass is 10.2. The highest BCUT2D eigenvalue weighted by molar-refractivity contribution is 6.05. The SMILES string of the molecule is O=C(COC(=O)/C=C/c1nc2ccccc2o1)NC(=O)c1ccccc1. The Morgan fingerprint density at radius 1 is 1.04 bits per heavy atom. The molecule has 0 bridgehead atoms. The van der Waals surface area contributed by atoms with Gasteiger partial charge in [-0.25, -0.2) is 9.78 Å². The van der Waals surface area contributed by atoms with Crippen molar-refractivity contribution in [3.63, 3.8) is 0 Å². The molecule has 1 N–H and O–H groups in total. The third-order valence-corrected chi connectivity index (χ3v) is 3.31. The lowest BCUT2D eigenvalue weighted by Crippen LogP contribution is -2.33. The van der Waals surface area contributed by atoms with Gasteiger partial charge in [0.1, 0.15) is 5.52 Å². The molecule has 2 amide bonds. The number of amides is 2. The van der Waals surface area contributed by atoms with Crippen LogP contribution in [0, 0.1) is 0 Å². The van der Waals surface area contributed by atoms with Crippen molar-refractivity contribution in [2.75, 3.05) is 6.61 Å². The first-order valence-corrected chi connectivity index (χ1v) is 7.71. The van der Waals surface area contributed by atoms with Gasteiger partial charge in [0.25, 0.3) is 11.8 Å². The maximum Gasteiger partial charge on any atom is 0.331 e. The lowest BCUT2D eigenvalue weighted by molar-refractivity contribution is -0.143. The average molecular weight is 350 g/mol. The molecule has 0 unspecified atom stereocenters. The number of hydrogen-bond donors (Lipinski definition) is 1. The molecule has 26 heavy (non-hydrogen) atoms. The maximum atomic E-state index is 11.8. The van der Waals surface area contributed by atoms with Gasteiger partial charge in [0.05, 0.1) is 0 Å². The second kappa shape index (κ2) is 7.89. The van der Waals surface area contributed by atoms with Crippen LogP contribution in [0.2, 0.25) is 0 Å². The van der Waals surface area contributed by atoms with Crippen LogP contribution < -0.4 is 5.32 Å². The lowest BCUT2D eigenvalue weighted by Gasteiger charge is -2.04. The van der Waals surface area contributed by atoms with Crippen molar-refractivity contribution in [1.82, 2.24) is 10.3 Å². The van der Waals surface area contributed by atoms with Gasteiger partial charge in [0.15, 0.2) is 12.2 Å². The smallest absolute Gasteiger partial charge is 0.331 e. The van der Waals surface area contributed by atoms with Gasteiger partial charge in [-0.1, -0.05) is 30.3 Å². The highest BCUT2D eigenvalue weighted by atomic mass is 16.5. The van der Waals surface area contributed by atoms with Crippen LogP contribution in [0.1, 0.15) is 16.2 Å². The summed E-state index contributed by atoms with van der Waals surface area (Å²) in [6.07, 6.45) is 2.44. The number of carbonyl (C=O) groups excluding carboxylic acids is 3. The molecular weight excluding hydrogens is 336 g/mol. The van der Waals surface area contributed by atoms with Gasteiger partial charge in [-0.15, -0.1) is 0 Å². The Balaban J connectivity index is 1.48. The van der Waals surface area contributed by atoms with Crippen molar-refractivity contribution in [2.24, 2.45) is 0 Å². The quantitative estimate of drug-likeness (QED) is 0.560. The van der Waals surface area contributed by atoms with Crippen molar-refractivity contribution in [3.05, 3.63) is 72.1 Å².